The second-order valence-electron chi connectivity index (χ2n) is 7.26. The average Bonchev–Trinajstić information content (AvgIpc) is 3.15. The van der Waals surface area contributed by atoms with E-state index in [1.807, 2.05) is 35.2 Å². The molecule has 1 aliphatic rings. The molecule has 3 aromatic rings. The van der Waals surface area contributed by atoms with Gasteiger partial charge in [-0.05, 0) is 42.2 Å². The van der Waals surface area contributed by atoms with E-state index in [-0.39, 0.29) is 12.1 Å². The van der Waals surface area contributed by atoms with E-state index < -0.39 is 0 Å². The Morgan fingerprint density at radius 3 is 2.72 bits per heavy atom. The van der Waals surface area contributed by atoms with Gasteiger partial charge >= 0.3 is 6.03 Å². The van der Waals surface area contributed by atoms with Crippen LogP contribution < -0.4 is 10.1 Å². The molecule has 2 heterocycles. The van der Waals surface area contributed by atoms with Gasteiger partial charge in [-0.2, -0.15) is 0 Å². The second-order valence-corrected chi connectivity index (χ2v) is 7.26. The minimum atomic E-state index is -0.167. The Morgan fingerprint density at radius 1 is 1.17 bits per heavy atom. The van der Waals surface area contributed by atoms with E-state index in [1.165, 1.54) is 10.9 Å². The van der Waals surface area contributed by atoms with E-state index in [4.69, 9.17) is 9.47 Å². The molecule has 0 unspecified atom stereocenters. The first-order valence-corrected chi connectivity index (χ1v) is 9.99. The zero-order valence-corrected chi connectivity index (χ0v) is 16.9. The number of aromatic amines is 1. The van der Waals surface area contributed by atoms with Crippen LogP contribution in [-0.4, -0.2) is 49.8 Å². The van der Waals surface area contributed by atoms with Crippen LogP contribution in [0.2, 0.25) is 0 Å². The van der Waals surface area contributed by atoms with Crippen molar-refractivity contribution in [3.05, 3.63) is 65.4 Å². The molecule has 0 saturated carbocycles. The van der Waals surface area contributed by atoms with Crippen LogP contribution >= 0.6 is 0 Å². The number of methoxy groups -OCH3 is 2. The summed E-state index contributed by atoms with van der Waals surface area (Å²) in [7, 11) is 3.33. The fourth-order valence-electron chi connectivity index (χ4n) is 4.11. The molecule has 0 aliphatic carbocycles. The first-order chi connectivity index (χ1) is 14.2. The number of nitrogens with one attached hydrogen (secondary N) is 2. The number of para-hydroxylation sites is 1. The van der Waals surface area contributed by atoms with Gasteiger partial charge in [0.1, 0.15) is 5.75 Å². The highest BCUT2D eigenvalue weighted by atomic mass is 16.5. The van der Waals surface area contributed by atoms with Crippen LogP contribution in [0, 0.1) is 0 Å². The fourth-order valence-corrected chi connectivity index (χ4v) is 4.11. The third kappa shape index (κ3) is 3.80. The standard InChI is InChI=1S/C23H27N3O3/c1-28-15-5-13-24-23(27)26-14-12-19-18-6-3-4-7-20(18)25-21(19)22(26)16-8-10-17(29-2)11-9-16/h3-4,6-11,22,25H,5,12-15H2,1-2H3,(H,24,27)/t22-/m1/s1. The van der Waals surface area contributed by atoms with Gasteiger partial charge in [0.05, 0.1) is 13.2 Å². The van der Waals surface area contributed by atoms with Gasteiger partial charge in [0.2, 0.25) is 0 Å². The first-order valence-electron chi connectivity index (χ1n) is 9.99. The third-order valence-electron chi connectivity index (χ3n) is 5.53. The van der Waals surface area contributed by atoms with Crippen molar-refractivity contribution in [3.63, 3.8) is 0 Å². The number of carbonyl (C=O) groups is 1. The molecule has 0 radical (unpaired) electrons. The number of benzene rings is 2. The summed E-state index contributed by atoms with van der Waals surface area (Å²) in [5.41, 5.74) is 4.56. The fraction of sp³-hybridized carbons (Fsp3) is 0.348. The number of amides is 2. The Bertz CT molecular complexity index is 981. The van der Waals surface area contributed by atoms with Crippen molar-refractivity contribution in [2.75, 3.05) is 33.9 Å². The van der Waals surface area contributed by atoms with E-state index in [9.17, 15) is 4.79 Å². The molecule has 0 spiro atoms. The average molecular weight is 393 g/mol. The summed E-state index contributed by atoms with van der Waals surface area (Å²) in [6.45, 7) is 1.90. The molecule has 2 N–H and O–H groups in total. The molecule has 1 atom stereocenters. The summed E-state index contributed by atoms with van der Waals surface area (Å²) in [4.78, 5) is 18.5. The summed E-state index contributed by atoms with van der Waals surface area (Å²) >= 11 is 0. The number of aromatic nitrogens is 1. The van der Waals surface area contributed by atoms with E-state index in [2.05, 4.69) is 28.5 Å². The van der Waals surface area contributed by atoms with Crippen LogP contribution in [0.4, 0.5) is 4.79 Å². The minimum absolute atomic E-state index is 0.0498. The van der Waals surface area contributed by atoms with Gasteiger partial charge in [-0.3, -0.25) is 0 Å². The molecular formula is C23H27N3O3. The molecular weight excluding hydrogens is 366 g/mol. The highest BCUT2D eigenvalue weighted by Crippen LogP contribution is 2.38. The van der Waals surface area contributed by atoms with Crippen molar-refractivity contribution >= 4 is 16.9 Å². The molecule has 1 aromatic heterocycles. The zero-order valence-electron chi connectivity index (χ0n) is 16.9. The Hall–Kier alpha value is -2.99. The molecule has 6 nitrogen and oxygen atoms in total. The Morgan fingerprint density at radius 2 is 1.97 bits per heavy atom. The molecule has 2 aromatic carbocycles. The van der Waals surface area contributed by atoms with Gasteiger partial charge in [0.15, 0.2) is 0 Å². The lowest BCUT2D eigenvalue weighted by atomic mass is 9.92. The van der Waals surface area contributed by atoms with E-state index in [0.29, 0.717) is 19.7 Å². The van der Waals surface area contributed by atoms with E-state index in [1.54, 1.807) is 14.2 Å². The maximum atomic E-state index is 13.0. The lowest BCUT2D eigenvalue weighted by Gasteiger charge is -2.36. The highest BCUT2D eigenvalue weighted by Gasteiger charge is 2.34. The van der Waals surface area contributed by atoms with Gasteiger partial charge in [0, 0.05) is 43.4 Å². The number of urea groups is 1. The smallest absolute Gasteiger partial charge is 0.318 e. The lowest BCUT2D eigenvalue weighted by Crippen LogP contribution is -2.46. The second kappa shape index (κ2) is 8.57. The van der Waals surface area contributed by atoms with Gasteiger partial charge < -0.3 is 24.7 Å². The van der Waals surface area contributed by atoms with Crippen molar-refractivity contribution in [2.24, 2.45) is 0 Å². The summed E-state index contributed by atoms with van der Waals surface area (Å²) in [5, 5.41) is 4.28. The maximum absolute atomic E-state index is 13.0. The number of rotatable bonds is 6. The highest BCUT2D eigenvalue weighted by molar-refractivity contribution is 5.86. The number of hydrogen-bond acceptors (Lipinski definition) is 3. The summed E-state index contributed by atoms with van der Waals surface area (Å²) in [6.07, 6.45) is 1.62. The Labute approximate surface area is 170 Å². The van der Waals surface area contributed by atoms with Gasteiger partial charge in [-0.25, -0.2) is 4.79 Å². The van der Waals surface area contributed by atoms with Gasteiger partial charge in [0.25, 0.3) is 0 Å². The maximum Gasteiger partial charge on any atom is 0.318 e. The molecule has 0 fully saturated rings. The van der Waals surface area contributed by atoms with Crippen molar-refractivity contribution in [2.45, 2.75) is 18.9 Å². The van der Waals surface area contributed by atoms with Crippen LogP contribution in [0.3, 0.4) is 0 Å². The molecule has 0 saturated heterocycles. The quantitative estimate of drug-likeness (QED) is 0.625. The van der Waals surface area contributed by atoms with Crippen LogP contribution in [0.25, 0.3) is 10.9 Å². The van der Waals surface area contributed by atoms with Gasteiger partial charge in [-0.1, -0.05) is 30.3 Å². The number of ether oxygens (including phenoxy) is 2. The summed E-state index contributed by atoms with van der Waals surface area (Å²) in [5.74, 6) is 0.803. The van der Waals surface area contributed by atoms with Gasteiger partial charge in [-0.15, -0.1) is 0 Å². The number of carbonyl (C=O) groups excluding carboxylic acids is 1. The van der Waals surface area contributed by atoms with Crippen molar-refractivity contribution in [3.8, 4) is 5.75 Å². The van der Waals surface area contributed by atoms with Crippen LogP contribution in [0.1, 0.15) is 29.3 Å². The molecule has 2 amide bonds. The topological polar surface area (TPSA) is 66.6 Å². The number of nitrogens with zero attached hydrogens (tertiary/aromatic N) is 1. The SMILES string of the molecule is COCCCNC(=O)N1CCc2c([nH]c3ccccc23)[C@H]1c1ccc(OC)cc1. The molecule has 152 valence electrons. The Balaban J connectivity index is 1.70. The Kier molecular flexibility index (Phi) is 5.71. The van der Waals surface area contributed by atoms with E-state index in [0.717, 1.165) is 35.4 Å². The van der Waals surface area contributed by atoms with E-state index >= 15 is 0 Å². The van der Waals surface area contributed by atoms with Crippen molar-refractivity contribution < 1.29 is 14.3 Å². The zero-order chi connectivity index (χ0) is 20.2. The summed E-state index contributed by atoms with van der Waals surface area (Å²) in [6, 6.07) is 16.1. The number of fused-ring (bicyclic) bond motifs is 3. The third-order valence-corrected chi connectivity index (χ3v) is 5.53. The van der Waals surface area contributed by atoms with Crippen LogP contribution in [0.5, 0.6) is 5.75 Å². The minimum Gasteiger partial charge on any atom is -0.497 e. The predicted molar refractivity (Wildman–Crippen MR) is 113 cm³/mol. The molecule has 4 rings (SSSR count). The van der Waals surface area contributed by atoms with Crippen LogP contribution in [0.15, 0.2) is 48.5 Å². The largest absolute Gasteiger partial charge is 0.497 e. The van der Waals surface area contributed by atoms with Crippen LogP contribution in [-0.2, 0) is 11.2 Å². The molecule has 0 bridgehead atoms. The monoisotopic (exact) mass is 393 g/mol. The predicted octanol–water partition coefficient (Wildman–Crippen LogP) is 3.87. The molecule has 29 heavy (non-hydrogen) atoms. The lowest BCUT2D eigenvalue weighted by molar-refractivity contribution is 0.173. The molecule has 6 heteroatoms. The van der Waals surface area contributed by atoms with Crippen molar-refractivity contribution in [1.82, 2.24) is 15.2 Å². The molecule has 1 aliphatic heterocycles. The summed E-state index contributed by atoms with van der Waals surface area (Å²) < 4.78 is 10.4. The normalized spacial score (nSPS) is 15.9. The van der Waals surface area contributed by atoms with Crippen molar-refractivity contribution in [1.29, 1.82) is 0 Å². The number of H-pyrrole nitrogens is 1. The first kappa shape index (κ1) is 19.3. The number of hydrogen-bond donors (Lipinski definition) is 2.